The van der Waals surface area contributed by atoms with Crippen LogP contribution >= 0.6 is 15.9 Å². The molecule has 0 bridgehead atoms. The fourth-order valence-corrected chi connectivity index (χ4v) is 3.96. The van der Waals surface area contributed by atoms with Crippen LogP contribution in [-0.2, 0) is 16.6 Å². The molecule has 3 aromatic rings. The molecule has 3 rings (SSSR count). The lowest BCUT2D eigenvalue weighted by Gasteiger charge is -2.22. The van der Waals surface area contributed by atoms with Crippen LogP contribution < -0.4 is 4.31 Å². The number of sulfonamides is 1. The molecule has 7 heteroatoms. The number of benzene rings is 1. The molecule has 1 aromatic carbocycles. The van der Waals surface area contributed by atoms with Crippen molar-refractivity contribution >= 4 is 31.8 Å². The highest BCUT2D eigenvalue weighted by atomic mass is 79.9. The van der Waals surface area contributed by atoms with Crippen molar-refractivity contribution in [2.24, 2.45) is 0 Å². The van der Waals surface area contributed by atoms with Gasteiger partial charge in [0.25, 0.3) is 10.0 Å². The van der Waals surface area contributed by atoms with Gasteiger partial charge < -0.3 is 4.42 Å². The second kappa shape index (κ2) is 6.78. The van der Waals surface area contributed by atoms with Gasteiger partial charge in [0.1, 0.15) is 11.6 Å². The standard InChI is InChI=1S/C17H15BrN2O3S/c1-13-11-15(7-8-16(13)18)24(21,22)20(12-14-5-4-10-23-14)17-6-2-3-9-19-17/h2-11H,12H2,1H3. The van der Waals surface area contributed by atoms with Crippen molar-refractivity contribution in [3.8, 4) is 0 Å². The number of halogens is 1. The van der Waals surface area contributed by atoms with Crippen LogP contribution in [0.2, 0.25) is 0 Å². The highest BCUT2D eigenvalue weighted by Gasteiger charge is 2.27. The van der Waals surface area contributed by atoms with Crippen molar-refractivity contribution in [3.05, 3.63) is 76.8 Å². The van der Waals surface area contributed by atoms with E-state index in [9.17, 15) is 8.42 Å². The molecule has 2 heterocycles. The number of hydrogen-bond donors (Lipinski definition) is 0. The highest BCUT2D eigenvalue weighted by Crippen LogP contribution is 2.27. The van der Waals surface area contributed by atoms with Crippen molar-refractivity contribution in [1.29, 1.82) is 0 Å². The minimum atomic E-state index is -3.78. The van der Waals surface area contributed by atoms with Gasteiger partial charge in [0.05, 0.1) is 17.7 Å². The second-order valence-electron chi connectivity index (χ2n) is 5.19. The third-order valence-electron chi connectivity index (χ3n) is 3.50. The van der Waals surface area contributed by atoms with Crippen molar-refractivity contribution in [3.63, 3.8) is 0 Å². The molecule has 0 fully saturated rings. The summed E-state index contributed by atoms with van der Waals surface area (Å²) in [5.74, 6) is 0.882. The molecule has 0 aliphatic carbocycles. The number of nitrogens with zero attached hydrogens (tertiary/aromatic N) is 2. The molecule has 0 unspecified atom stereocenters. The first-order valence-electron chi connectivity index (χ1n) is 7.21. The Morgan fingerprint density at radius 2 is 2.00 bits per heavy atom. The Morgan fingerprint density at radius 1 is 1.17 bits per heavy atom. The lowest BCUT2D eigenvalue weighted by atomic mass is 10.2. The van der Waals surface area contributed by atoms with Gasteiger partial charge in [-0.25, -0.2) is 17.7 Å². The maximum Gasteiger partial charge on any atom is 0.265 e. The fraction of sp³-hybridized carbons (Fsp3) is 0.118. The molecule has 5 nitrogen and oxygen atoms in total. The summed E-state index contributed by atoms with van der Waals surface area (Å²) in [5, 5.41) is 0. The van der Waals surface area contributed by atoms with E-state index in [0.717, 1.165) is 10.0 Å². The highest BCUT2D eigenvalue weighted by molar-refractivity contribution is 9.10. The molecule has 0 N–H and O–H groups in total. The number of rotatable bonds is 5. The average molecular weight is 407 g/mol. The van der Waals surface area contributed by atoms with Crippen molar-refractivity contribution in [2.75, 3.05) is 4.31 Å². The van der Waals surface area contributed by atoms with E-state index in [-0.39, 0.29) is 11.4 Å². The molecule has 0 spiro atoms. The zero-order valence-corrected chi connectivity index (χ0v) is 15.3. The number of anilines is 1. The van der Waals surface area contributed by atoms with Crippen molar-refractivity contribution in [1.82, 2.24) is 4.98 Å². The number of pyridine rings is 1. The summed E-state index contributed by atoms with van der Waals surface area (Å²) >= 11 is 3.39. The maximum absolute atomic E-state index is 13.2. The van der Waals surface area contributed by atoms with E-state index in [1.807, 2.05) is 6.92 Å². The first-order valence-corrected chi connectivity index (χ1v) is 9.44. The lowest BCUT2D eigenvalue weighted by Crippen LogP contribution is -2.31. The van der Waals surface area contributed by atoms with Crippen LogP contribution in [0.1, 0.15) is 11.3 Å². The van der Waals surface area contributed by atoms with Crippen LogP contribution in [0.5, 0.6) is 0 Å². The van der Waals surface area contributed by atoms with Crippen LogP contribution in [-0.4, -0.2) is 13.4 Å². The van der Waals surface area contributed by atoms with Crippen LogP contribution in [0.3, 0.4) is 0 Å². The summed E-state index contributed by atoms with van der Waals surface area (Å²) in [4.78, 5) is 4.40. The summed E-state index contributed by atoms with van der Waals surface area (Å²) < 4.78 is 33.7. The first kappa shape index (κ1) is 16.7. The lowest BCUT2D eigenvalue weighted by molar-refractivity contribution is 0.508. The molecular formula is C17H15BrN2O3S. The largest absolute Gasteiger partial charge is 0.467 e. The van der Waals surface area contributed by atoms with E-state index in [2.05, 4.69) is 20.9 Å². The first-order chi connectivity index (χ1) is 11.5. The third kappa shape index (κ3) is 3.37. The van der Waals surface area contributed by atoms with Crippen molar-refractivity contribution < 1.29 is 12.8 Å². The molecule has 0 saturated carbocycles. The molecule has 0 radical (unpaired) electrons. The minimum absolute atomic E-state index is 0.0709. The average Bonchev–Trinajstić information content (AvgIpc) is 3.09. The van der Waals surface area contributed by atoms with Gasteiger partial charge in [-0.1, -0.05) is 22.0 Å². The second-order valence-corrected chi connectivity index (χ2v) is 7.91. The van der Waals surface area contributed by atoms with E-state index in [4.69, 9.17) is 4.42 Å². The Labute approximate surface area is 149 Å². The summed E-state index contributed by atoms with van der Waals surface area (Å²) in [6.07, 6.45) is 3.08. The van der Waals surface area contributed by atoms with E-state index in [1.54, 1.807) is 54.7 Å². The molecule has 0 saturated heterocycles. The Bertz CT molecular complexity index is 926. The van der Waals surface area contributed by atoms with Gasteiger partial charge in [0.2, 0.25) is 0 Å². The quantitative estimate of drug-likeness (QED) is 0.638. The van der Waals surface area contributed by atoms with E-state index >= 15 is 0 Å². The molecule has 0 amide bonds. The zero-order chi connectivity index (χ0) is 17.2. The number of aryl methyl sites for hydroxylation is 1. The van der Waals surface area contributed by atoms with Crippen molar-refractivity contribution in [2.45, 2.75) is 18.4 Å². The van der Waals surface area contributed by atoms with Gasteiger partial charge in [-0.2, -0.15) is 0 Å². The van der Waals surface area contributed by atoms with Gasteiger partial charge >= 0.3 is 0 Å². The fourth-order valence-electron chi connectivity index (χ4n) is 2.24. The van der Waals surface area contributed by atoms with Crippen LogP contribution in [0.4, 0.5) is 5.82 Å². The molecule has 24 heavy (non-hydrogen) atoms. The van der Waals surface area contributed by atoms with Gasteiger partial charge in [-0.05, 0) is 55.0 Å². The molecule has 0 aliphatic heterocycles. The molecule has 0 atom stereocenters. The Morgan fingerprint density at radius 3 is 2.62 bits per heavy atom. The number of furan rings is 1. The molecule has 0 aliphatic rings. The van der Waals surface area contributed by atoms with Crippen LogP contribution in [0, 0.1) is 6.92 Å². The van der Waals surface area contributed by atoms with Gasteiger partial charge in [-0.15, -0.1) is 0 Å². The normalized spacial score (nSPS) is 11.4. The van der Waals surface area contributed by atoms with Gasteiger partial charge in [0.15, 0.2) is 0 Å². The van der Waals surface area contributed by atoms with Gasteiger partial charge in [-0.3, -0.25) is 0 Å². The number of hydrogen-bond acceptors (Lipinski definition) is 4. The Balaban J connectivity index is 2.08. The summed E-state index contributed by atoms with van der Waals surface area (Å²) in [7, 11) is -3.78. The van der Waals surface area contributed by atoms with E-state index < -0.39 is 10.0 Å². The Kier molecular flexibility index (Phi) is 4.73. The topological polar surface area (TPSA) is 63.4 Å². The molecule has 2 aromatic heterocycles. The Hall–Kier alpha value is -2.12. The maximum atomic E-state index is 13.2. The zero-order valence-electron chi connectivity index (χ0n) is 12.9. The predicted molar refractivity (Wildman–Crippen MR) is 95.2 cm³/mol. The van der Waals surface area contributed by atoms with E-state index in [1.165, 1.54) is 10.6 Å². The predicted octanol–water partition coefficient (Wildman–Crippen LogP) is 4.14. The van der Waals surface area contributed by atoms with E-state index in [0.29, 0.717) is 11.6 Å². The van der Waals surface area contributed by atoms with Crippen LogP contribution in [0.25, 0.3) is 0 Å². The SMILES string of the molecule is Cc1cc(S(=O)(=O)N(Cc2ccco2)c2ccccn2)ccc1Br. The smallest absolute Gasteiger partial charge is 0.265 e. The summed E-state index contributed by atoms with van der Waals surface area (Å²) in [5.41, 5.74) is 0.843. The van der Waals surface area contributed by atoms with Gasteiger partial charge in [0, 0.05) is 10.7 Å². The minimum Gasteiger partial charge on any atom is -0.467 e. The summed E-state index contributed by atoms with van der Waals surface area (Å²) in [6, 6.07) is 13.5. The summed E-state index contributed by atoms with van der Waals surface area (Å²) in [6.45, 7) is 1.92. The molecular weight excluding hydrogens is 392 g/mol. The van der Waals surface area contributed by atoms with Crippen LogP contribution in [0.15, 0.2) is 74.8 Å². The third-order valence-corrected chi connectivity index (χ3v) is 6.14. The molecule has 124 valence electrons. The number of aromatic nitrogens is 1. The monoisotopic (exact) mass is 406 g/mol.